The van der Waals surface area contributed by atoms with Gasteiger partial charge in [0.25, 0.3) is 5.91 Å². The van der Waals surface area contributed by atoms with E-state index in [1.54, 1.807) is 6.07 Å². The first-order valence-corrected chi connectivity index (χ1v) is 6.54. The normalized spacial score (nSPS) is 11.2. The van der Waals surface area contributed by atoms with E-state index >= 15 is 0 Å². The second kappa shape index (κ2) is 5.77. The highest BCUT2D eigenvalue weighted by molar-refractivity contribution is 9.10. The van der Waals surface area contributed by atoms with E-state index in [1.807, 2.05) is 0 Å². The van der Waals surface area contributed by atoms with Gasteiger partial charge in [0, 0.05) is 10.2 Å². The van der Waals surface area contributed by atoms with Gasteiger partial charge < -0.3 is 10.4 Å². The van der Waals surface area contributed by atoms with Crippen molar-refractivity contribution in [1.82, 2.24) is 0 Å². The Morgan fingerprint density at radius 1 is 1.14 bits per heavy atom. The number of nitrogens with one attached hydrogen (secondary N) is 1. The van der Waals surface area contributed by atoms with Crippen molar-refractivity contribution in [2.75, 3.05) is 5.32 Å². The van der Waals surface area contributed by atoms with Crippen LogP contribution in [0.2, 0.25) is 0 Å². The molecule has 0 atom stereocenters. The van der Waals surface area contributed by atoms with Gasteiger partial charge in [-0.2, -0.15) is 13.2 Å². The lowest BCUT2D eigenvalue weighted by molar-refractivity contribution is -0.137. The van der Waals surface area contributed by atoms with Crippen LogP contribution in [0, 0.1) is 0 Å². The van der Waals surface area contributed by atoms with E-state index in [-0.39, 0.29) is 17.0 Å². The first-order valence-electron chi connectivity index (χ1n) is 5.75. The lowest BCUT2D eigenvalue weighted by Crippen LogP contribution is -2.14. The van der Waals surface area contributed by atoms with E-state index in [1.165, 1.54) is 24.3 Å². The number of hydrogen-bond acceptors (Lipinski definition) is 2. The topological polar surface area (TPSA) is 49.3 Å². The number of phenols is 1. The molecule has 2 N–H and O–H groups in total. The minimum atomic E-state index is -4.49. The van der Waals surface area contributed by atoms with Crippen LogP contribution in [0.3, 0.4) is 0 Å². The van der Waals surface area contributed by atoms with Gasteiger partial charge in [0.2, 0.25) is 0 Å². The fourth-order valence-corrected chi connectivity index (χ4v) is 2.24. The molecule has 0 fully saturated rings. The van der Waals surface area contributed by atoms with Crippen molar-refractivity contribution in [1.29, 1.82) is 0 Å². The number of rotatable bonds is 2. The van der Waals surface area contributed by atoms with E-state index in [2.05, 4.69) is 21.2 Å². The van der Waals surface area contributed by atoms with Crippen LogP contribution in [-0.4, -0.2) is 11.0 Å². The third-order valence-corrected chi connectivity index (χ3v) is 3.33. The highest BCUT2D eigenvalue weighted by atomic mass is 79.9. The van der Waals surface area contributed by atoms with E-state index in [0.717, 1.165) is 12.1 Å². The number of halogens is 4. The summed E-state index contributed by atoms with van der Waals surface area (Å²) in [6, 6.07) is 8.64. The van der Waals surface area contributed by atoms with Crippen LogP contribution >= 0.6 is 15.9 Å². The lowest BCUT2D eigenvalue weighted by Gasteiger charge is -2.11. The molecule has 0 aliphatic rings. The number of phenolic OH excluding ortho intramolecular Hbond substituents is 1. The smallest absolute Gasteiger partial charge is 0.416 e. The molecule has 0 aromatic heterocycles. The molecule has 0 spiro atoms. The zero-order valence-electron chi connectivity index (χ0n) is 10.4. The molecule has 7 heteroatoms. The Morgan fingerprint density at radius 3 is 2.43 bits per heavy atom. The Kier molecular flexibility index (Phi) is 4.22. The quantitative estimate of drug-likeness (QED) is 0.833. The number of alkyl halides is 3. The largest absolute Gasteiger partial charge is 0.507 e. The summed E-state index contributed by atoms with van der Waals surface area (Å²) in [7, 11) is 0. The van der Waals surface area contributed by atoms with Gasteiger partial charge in [-0.3, -0.25) is 4.79 Å². The molecule has 0 radical (unpaired) electrons. The summed E-state index contributed by atoms with van der Waals surface area (Å²) >= 11 is 3.11. The maximum absolute atomic E-state index is 12.6. The summed E-state index contributed by atoms with van der Waals surface area (Å²) in [5.41, 5.74) is -0.920. The van der Waals surface area contributed by atoms with Crippen LogP contribution < -0.4 is 5.32 Å². The predicted octanol–water partition coefficient (Wildman–Crippen LogP) is 4.43. The third kappa shape index (κ3) is 3.55. The molecular formula is C14H9BrF3NO2. The Bertz CT molecular complexity index is 666. The van der Waals surface area contributed by atoms with Gasteiger partial charge in [-0.1, -0.05) is 12.1 Å². The molecule has 0 saturated heterocycles. The minimum absolute atomic E-state index is 0.00928. The first-order chi connectivity index (χ1) is 9.79. The molecule has 1 amide bonds. The van der Waals surface area contributed by atoms with Crippen molar-refractivity contribution in [3.63, 3.8) is 0 Å². The van der Waals surface area contributed by atoms with Gasteiger partial charge in [-0.25, -0.2) is 0 Å². The van der Waals surface area contributed by atoms with Crippen molar-refractivity contribution in [3.05, 3.63) is 58.1 Å². The molecule has 2 aromatic carbocycles. The number of anilines is 1. The van der Waals surface area contributed by atoms with Crippen molar-refractivity contribution in [2.45, 2.75) is 6.18 Å². The summed E-state index contributed by atoms with van der Waals surface area (Å²) < 4.78 is 38.1. The van der Waals surface area contributed by atoms with Gasteiger partial charge in [0.15, 0.2) is 0 Å². The van der Waals surface area contributed by atoms with Crippen LogP contribution in [-0.2, 0) is 6.18 Å². The maximum Gasteiger partial charge on any atom is 0.416 e. The Labute approximate surface area is 126 Å². The van der Waals surface area contributed by atoms with Crippen LogP contribution in [0.5, 0.6) is 5.75 Å². The van der Waals surface area contributed by atoms with E-state index in [4.69, 9.17) is 0 Å². The van der Waals surface area contributed by atoms with E-state index in [9.17, 15) is 23.1 Å². The fourth-order valence-electron chi connectivity index (χ4n) is 1.70. The number of hydrogen-bond donors (Lipinski definition) is 2. The average molecular weight is 360 g/mol. The standard InChI is InChI=1S/C14H9BrF3NO2/c15-10-5-2-6-11(20)12(10)13(21)19-9-4-1-3-8(7-9)14(16,17)18/h1-7,20H,(H,19,21). The fraction of sp³-hybridized carbons (Fsp3) is 0.0714. The molecule has 0 aliphatic carbocycles. The summed E-state index contributed by atoms with van der Waals surface area (Å²) in [4.78, 5) is 12.0. The Balaban J connectivity index is 2.28. The van der Waals surface area contributed by atoms with Gasteiger partial charge in [-0.15, -0.1) is 0 Å². The molecule has 2 aromatic rings. The number of carbonyl (C=O) groups is 1. The maximum atomic E-state index is 12.6. The highest BCUT2D eigenvalue weighted by Gasteiger charge is 2.30. The second-order valence-electron chi connectivity index (χ2n) is 4.17. The molecular weight excluding hydrogens is 351 g/mol. The van der Waals surface area contributed by atoms with Gasteiger partial charge >= 0.3 is 6.18 Å². The molecule has 3 nitrogen and oxygen atoms in total. The van der Waals surface area contributed by atoms with Crippen LogP contribution in [0.15, 0.2) is 46.9 Å². The molecule has 21 heavy (non-hydrogen) atoms. The third-order valence-electron chi connectivity index (χ3n) is 2.67. The molecule has 0 heterocycles. The minimum Gasteiger partial charge on any atom is -0.507 e. The van der Waals surface area contributed by atoms with Crippen molar-refractivity contribution < 1.29 is 23.1 Å². The van der Waals surface area contributed by atoms with Crippen LogP contribution in [0.1, 0.15) is 15.9 Å². The summed E-state index contributed by atoms with van der Waals surface area (Å²) in [6.07, 6.45) is -4.49. The summed E-state index contributed by atoms with van der Waals surface area (Å²) in [5.74, 6) is -0.979. The zero-order valence-corrected chi connectivity index (χ0v) is 12.0. The average Bonchev–Trinajstić information content (AvgIpc) is 2.37. The van der Waals surface area contributed by atoms with Crippen molar-refractivity contribution in [2.24, 2.45) is 0 Å². The molecule has 0 unspecified atom stereocenters. The first kappa shape index (κ1) is 15.4. The monoisotopic (exact) mass is 359 g/mol. The number of benzene rings is 2. The Hall–Kier alpha value is -2.02. The number of amides is 1. The zero-order chi connectivity index (χ0) is 15.6. The van der Waals surface area contributed by atoms with Crippen molar-refractivity contribution >= 4 is 27.5 Å². The summed E-state index contributed by atoms with van der Waals surface area (Å²) in [6.45, 7) is 0. The molecule has 2 rings (SSSR count). The number of aromatic hydroxyl groups is 1. The number of carbonyl (C=O) groups excluding carboxylic acids is 1. The molecule has 110 valence electrons. The Morgan fingerprint density at radius 2 is 1.81 bits per heavy atom. The van der Waals surface area contributed by atoms with Gasteiger partial charge in [0.05, 0.1) is 11.1 Å². The van der Waals surface area contributed by atoms with Gasteiger partial charge in [0.1, 0.15) is 5.75 Å². The predicted molar refractivity (Wildman–Crippen MR) is 75.2 cm³/mol. The lowest BCUT2D eigenvalue weighted by atomic mass is 10.1. The van der Waals surface area contributed by atoms with E-state index in [0.29, 0.717) is 4.47 Å². The SMILES string of the molecule is O=C(Nc1cccc(C(F)(F)F)c1)c1c(O)cccc1Br. The van der Waals surface area contributed by atoms with Crippen LogP contribution in [0.25, 0.3) is 0 Å². The summed E-state index contributed by atoms with van der Waals surface area (Å²) in [5, 5.41) is 12.0. The second-order valence-corrected chi connectivity index (χ2v) is 5.02. The van der Waals surface area contributed by atoms with Crippen molar-refractivity contribution in [3.8, 4) is 5.75 Å². The van der Waals surface area contributed by atoms with Gasteiger partial charge in [-0.05, 0) is 46.3 Å². The highest BCUT2D eigenvalue weighted by Crippen LogP contribution is 2.31. The molecule has 0 aliphatic heterocycles. The van der Waals surface area contributed by atoms with E-state index < -0.39 is 17.6 Å². The molecule has 0 bridgehead atoms. The van der Waals surface area contributed by atoms with Crippen LogP contribution in [0.4, 0.5) is 18.9 Å². The molecule has 0 saturated carbocycles.